The van der Waals surface area contributed by atoms with E-state index in [0.29, 0.717) is 6.54 Å². The fourth-order valence-electron chi connectivity index (χ4n) is 4.26. The maximum absolute atomic E-state index is 12.5. The largest absolute Gasteiger partial charge is 0.507 e. The molecule has 1 fully saturated rings. The molecule has 0 radical (unpaired) electrons. The average molecular weight is 442 g/mol. The number of H-pyrrole nitrogens is 1. The van der Waals surface area contributed by atoms with E-state index in [1.165, 1.54) is 0 Å². The van der Waals surface area contributed by atoms with Crippen molar-refractivity contribution in [2.24, 2.45) is 0 Å². The van der Waals surface area contributed by atoms with Crippen molar-refractivity contribution in [1.82, 2.24) is 25.1 Å². The summed E-state index contributed by atoms with van der Waals surface area (Å²) in [4.78, 5) is 24.1. The Balaban J connectivity index is 1.35. The Labute approximate surface area is 192 Å². The standard InChI is InChI=1S/C26H27N5O2/c1-30-10-12-31(13-11-30)26(33)28-16-18-4-2-5-19(14-18)21-6-3-7-22(25(21)32)24-15-20-17-27-9-8-23(20)29-24/h2-9,14-15,17,29,32H,10-13,16H2,1H3,(H,28,33). The third-order valence-corrected chi connectivity index (χ3v) is 6.22. The second kappa shape index (κ2) is 8.96. The van der Waals surface area contributed by atoms with Crippen molar-refractivity contribution in [2.45, 2.75) is 6.54 Å². The van der Waals surface area contributed by atoms with Crippen molar-refractivity contribution in [3.8, 4) is 28.1 Å². The number of benzene rings is 2. The van der Waals surface area contributed by atoms with Gasteiger partial charge in [-0.2, -0.15) is 0 Å². The number of hydrogen-bond acceptors (Lipinski definition) is 4. The molecule has 1 aliphatic heterocycles. The Kier molecular flexibility index (Phi) is 5.71. The van der Waals surface area contributed by atoms with Crippen LogP contribution in [0.2, 0.25) is 0 Å². The minimum absolute atomic E-state index is 0.0355. The van der Waals surface area contributed by atoms with E-state index in [0.717, 1.165) is 65.0 Å². The molecule has 1 aliphatic rings. The lowest BCUT2D eigenvalue weighted by Gasteiger charge is -2.32. The number of hydrogen-bond donors (Lipinski definition) is 3. The smallest absolute Gasteiger partial charge is 0.317 e. The van der Waals surface area contributed by atoms with E-state index in [-0.39, 0.29) is 11.8 Å². The summed E-state index contributed by atoms with van der Waals surface area (Å²) in [5.74, 6) is 0.218. The number of urea groups is 1. The molecule has 3 heterocycles. The normalized spacial score (nSPS) is 14.5. The van der Waals surface area contributed by atoms with Crippen molar-refractivity contribution in [3.63, 3.8) is 0 Å². The average Bonchev–Trinajstić information content (AvgIpc) is 3.27. The van der Waals surface area contributed by atoms with Crippen molar-refractivity contribution < 1.29 is 9.90 Å². The van der Waals surface area contributed by atoms with Gasteiger partial charge in [-0.3, -0.25) is 4.98 Å². The van der Waals surface area contributed by atoms with Gasteiger partial charge in [0.05, 0.1) is 5.69 Å². The molecule has 33 heavy (non-hydrogen) atoms. The van der Waals surface area contributed by atoms with Gasteiger partial charge in [-0.05, 0) is 42.4 Å². The predicted octanol–water partition coefficient (Wildman–Crippen LogP) is 4.06. The maximum Gasteiger partial charge on any atom is 0.317 e. The van der Waals surface area contributed by atoms with Crippen LogP contribution in [-0.4, -0.2) is 64.1 Å². The number of amides is 2. The number of pyridine rings is 1. The molecular formula is C26H27N5O2. The Morgan fingerprint density at radius 2 is 1.85 bits per heavy atom. The van der Waals surface area contributed by atoms with Crippen molar-refractivity contribution in [3.05, 3.63) is 72.6 Å². The highest BCUT2D eigenvalue weighted by Crippen LogP contribution is 2.38. The van der Waals surface area contributed by atoms with Crippen LogP contribution in [0.25, 0.3) is 33.3 Å². The number of fused-ring (bicyclic) bond motifs is 1. The number of para-hydroxylation sites is 1. The Morgan fingerprint density at radius 1 is 1.06 bits per heavy atom. The second-order valence-electron chi connectivity index (χ2n) is 8.50. The molecule has 1 saturated heterocycles. The predicted molar refractivity (Wildman–Crippen MR) is 130 cm³/mol. The quantitative estimate of drug-likeness (QED) is 0.446. The van der Waals surface area contributed by atoms with Gasteiger partial charge in [0.2, 0.25) is 0 Å². The summed E-state index contributed by atoms with van der Waals surface area (Å²) in [6, 6.07) is 17.5. The number of aromatic amines is 1. The van der Waals surface area contributed by atoms with Gasteiger partial charge in [0.1, 0.15) is 5.75 Å². The van der Waals surface area contributed by atoms with Gasteiger partial charge < -0.3 is 25.2 Å². The molecule has 0 spiro atoms. The van der Waals surface area contributed by atoms with Gasteiger partial charge in [-0.15, -0.1) is 0 Å². The van der Waals surface area contributed by atoms with Crippen LogP contribution in [0.4, 0.5) is 4.79 Å². The van der Waals surface area contributed by atoms with Gasteiger partial charge in [-0.25, -0.2) is 4.79 Å². The van der Waals surface area contributed by atoms with Crippen LogP contribution >= 0.6 is 0 Å². The highest BCUT2D eigenvalue weighted by molar-refractivity contribution is 5.88. The molecule has 5 rings (SSSR count). The monoisotopic (exact) mass is 441 g/mol. The van der Waals surface area contributed by atoms with Crippen LogP contribution in [0.3, 0.4) is 0 Å². The molecule has 7 heteroatoms. The number of nitrogens with one attached hydrogen (secondary N) is 2. The fourth-order valence-corrected chi connectivity index (χ4v) is 4.26. The van der Waals surface area contributed by atoms with Crippen LogP contribution in [0.5, 0.6) is 5.75 Å². The number of piperazine rings is 1. The highest BCUT2D eigenvalue weighted by Gasteiger charge is 2.19. The maximum atomic E-state index is 12.5. The Morgan fingerprint density at radius 3 is 2.67 bits per heavy atom. The molecular weight excluding hydrogens is 414 g/mol. The van der Waals surface area contributed by atoms with E-state index in [1.54, 1.807) is 12.4 Å². The number of phenols is 1. The summed E-state index contributed by atoms with van der Waals surface area (Å²) in [5, 5.41) is 15.1. The first kappa shape index (κ1) is 21.0. The van der Waals surface area contributed by atoms with E-state index in [1.807, 2.05) is 59.5 Å². The lowest BCUT2D eigenvalue weighted by molar-refractivity contribution is 0.154. The summed E-state index contributed by atoms with van der Waals surface area (Å²) in [7, 11) is 2.07. The zero-order valence-electron chi connectivity index (χ0n) is 18.6. The first-order valence-electron chi connectivity index (χ1n) is 11.1. The van der Waals surface area contributed by atoms with Gasteiger partial charge in [0.15, 0.2) is 0 Å². The van der Waals surface area contributed by atoms with Crippen LogP contribution in [-0.2, 0) is 6.54 Å². The minimum Gasteiger partial charge on any atom is -0.507 e. The summed E-state index contributed by atoms with van der Waals surface area (Å²) in [5.41, 5.74) is 5.18. The molecule has 0 bridgehead atoms. The Hall–Kier alpha value is -3.84. The molecule has 2 aromatic heterocycles. The molecule has 0 unspecified atom stereocenters. The molecule has 0 saturated carbocycles. The third kappa shape index (κ3) is 4.40. The number of carbonyl (C=O) groups excluding carboxylic acids is 1. The van der Waals surface area contributed by atoms with Crippen LogP contribution in [0.1, 0.15) is 5.56 Å². The third-order valence-electron chi connectivity index (χ3n) is 6.22. The molecule has 2 amide bonds. The second-order valence-corrected chi connectivity index (χ2v) is 8.50. The number of aromatic nitrogens is 2. The van der Waals surface area contributed by atoms with Gasteiger partial charge >= 0.3 is 6.03 Å². The molecule has 2 aromatic carbocycles. The minimum atomic E-state index is -0.0355. The number of phenolic OH excluding ortho intramolecular Hbond substituents is 1. The van der Waals surface area contributed by atoms with Crippen LogP contribution in [0, 0.1) is 0 Å². The van der Waals surface area contributed by atoms with Crippen molar-refractivity contribution in [2.75, 3.05) is 33.2 Å². The van der Waals surface area contributed by atoms with Crippen LogP contribution in [0.15, 0.2) is 67.0 Å². The SMILES string of the molecule is CN1CCN(C(=O)NCc2cccc(-c3cccc(-c4cc5cnccc5[nH]4)c3O)c2)CC1. The van der Waals surface area contributed by atoms with E-state index >= 15 is 0 Å². The van der Waals surface area contributed by atoms with Gasteiger partial charge in [-0.1, -0.05) is 30.3 Å². The zero-order chi connectivity index (χ0) is 22.8. The zero-order valence-corrected chi connectivity index (χ0v) is 18.6. The number of likely N-dealkylation sites (N-methyl/N-ethyl adjacent to an activating group) is 1. The molecule has 7 nitrogen and oxygen atoms in total. The topological polar surface area (TPSA) is 84.5 Å². The highest BCUT2D eigenvalue weighted by atomic mass is 16.3. The van der Waals surface area contributed by atoms with E-state index in [9.17, 15) is 9.90 Å². The van der Waals surface area contributed by atoms with Crippen molar-refractivity contribution >= 4 is 16.9 Å². The lowest BCUT2D eigenvalue weighted by atomic mass is 9.98. The summed E-state index contributed by atoms with van der Waals surface area (Å²) < 4.78 is 0. The fraction of sp³-hybridized carbons (Fsp3) is 0.231. The molecule has 0 aliphatic carbocycles. The summed E-state index contributed by atoms with van der Waals surface area (Å²) in [6.07, 6.45) is 3.54. The molecule has 3 N–H and O–H groups in total. The first-order chi connectivity index (χ1) is 16.1. The van der Waals surface area contributed by atoms with E-state index in [4.69, 9.17) is 0 Å². The summed E-state index contributed by atoms with van der Waals surface area (Å²) >= 11 is 0. The molecule has 4 aromatic rings. The van der Waals surface area contributed by atoms with Crippen molar-refractivity contribution in [1.29, 1.82) is 0 Å². The van der Waals surface area contributed by atoms with E-state index in [2.05, 4.69) is 27.2 Å². The van der Waals surface area contributed by atoms with Gasteiger partial charge in [0.25, 0.3) is 0 Å². The van der Waals surface area contributed by atoms with Gasteiger partial charge in [0, 0.05) is 67.1 Å². The summed E-state index contributed by atoms with van der Waals surface area (Å²) in [6.45, 7) is 3.71. The number of carbonyl (C=O) groups is 1. The molecule has 168 valence electrons. The number of aromatic hydroxyl groups is 1. The first-order valence-corrected chi connectivity index (χ1v) is 11.1. The Bertz CT molecular complexity index is 1260. The number of rotatable bonds is 4. The molecule has 0 atom stereocenters. The van der Waals surface area contributed by atoms with E-state index < -0.39 is 0 Å². The number of nitrogens with zero attached hydrogens (tertiary/aromatic N) is 3. The van der Waals surface area contributed by atoms with Crippen LogP contribution < -0.4 is 5.32 Å². The lowest BCUT2D eigenvalue weighted by Crippen LogP contribution is -2.50.